The maximum absolute atomic E-state index is 12.4. The largest absolute Gasteiger partial charge is 0.496 e. The third kappa shape index (κ3) is 3.03. The van der Waals surface area contributed by atoms with Gasteiger partial charge in [-0.1, -0.05) is 19.9 Å². The molecule has 29 heavy (non-hydrogen) atoms. The highest BCUT2D eigenvalue weighted by atomic mass is 16.5. The molecule has 1 aliphatic heterocycles. The van der Waals surface area contributed by atoms with Crippen LogP contribution in [-0.4, -0.2) is 44.5 Å². The molecule has 160 valence electrons. The number of hydrogen-bond acceptors (Lipinski definition) is 5. The lowest BCUT2D eigenvalue weighted by Crippen LogP contribution is -2.59. The summed E-state index contributed by atoms with van der Waals surface area (Å²) in [5.74, 6) is 2.32. The zero-order valence-corrected chi connectivity index (χ0v) is 17.9. The highest BCUT2D eigenvalue weighted by molar-refractivity contribution is 5.76. The van der Waals surface area contributed by atoms with E-state index in [-0.39, 0.29) is 41.9 Å². The molecule has 2 aliphatic carbocycles. The predicted molar refractivity (Wildman–Crippen MR) is 109 cm³/mol. The lowest BCUT2D eigenvalue weighted by molar-refractivity contribution is -0.138. The smallest absolute Gasteiger partial charge is 0.222 e. The van der Waals surface area contributed by atoms with E-state index in [1.807, 2.05) is 18.2 Å². The molecule has 5 atom stereocenters. The van der Waals surface area contributed by atoms with Crippen LogP contribution in [-0.2, 0) is 9.53 Å². The normalized spacial score (nSPS) is 34.5. The highest BCUT2D eigenvalue weighted by Crippen LogP contribution is 2.71. The molecule has 1 saturated heterocycles. The second-order valence-electron chi connectivity index (χ2n) is 9.39. The zero-order chi connectivity index (χ0) is 20.8. The van der Waals surface area contributed by atoms with Gasteiger partial charge in [-0.15, -0.1) is 0 Å². The Kier molecular flexibility index (Phi) is 5.28. The van der Waals surface area contributed by atoms with Crippen LogP contribution in [0.2, 0.25) is 0 Å². The Morgan fingerprint density at radius 2 is 1.97 bits per heavy atom. The zero-order valence-electron chi connectivity index (χ0n) is 17.9. The van der Waals surface area contributed by atoms with Crippen LogP contribution in [0.5, 0.6) is 11.5 Å². The van der Waals surface area contributed by atoms with E-state index in [1.54, 1.807) is 14.2 Å². The van der Waals surface area contributed by atoms with E-state index in [9.17, 15) is 9.90 Å². The number of nitrogens with one attached hydrogen (secondary N) is 1. The van der Waals surface area contributed by atoms with Gasteiger partial charge in [-0.3, -0.25) is 4.79 Å². The third-order valence-corrected chi connectivity index (χ3v) is 7.90. The van der Waals surface area contributed by atoms with Crippen LogP contribution >= 0.6 is 0 Å². The minimum absolute atomic E-state index is 0.00589. The molecule has 0 unspecified atom stereocenters. The summed E-state index contributed by atoms with van der Waals surface area (Å²) >= 11 is 0. The van der Waals surface area contributed by atoms with Gasteiger partial charge in [0.2, 0.25) is 5.91 Å². The average molecular weight is 404 g/mol. The summed E-state index contributed by atoms with van der Waals surface area (Å²) in [6.07, 6.45) is 3.15. The molecule has 1 heterocycles. The second kappa shape index (κ2) is 7.47. The summed E-state index contributed by atoms with van der Waals surface area (Å²) in [4.78, 5) is 12.4. The fraction of sp³-hybridized carbons (Fsp3) is 0.696. The Bertz CT molecular complexity index is 756. The van der Waals surface area contributed by atoms with Crippen LogP contribution in [0, 0.1) is 22.7 Å². The number of methoxy groups -OCH3 is 2. The van der Waals surface area contributed by atoms with E-state index in [0.29, 0.717) is 18.4 Å². The van der Waals surface area contributed by atoms with Crippen molar-refractivity contribution >= 4 is 5.91 Å². The van der Waals surface area contributed by atoms with E-state index in [4.69, 9.17) is 14.2 Å². The number of aliphatic hydroxyl groups is 1. The summed E-state index contributed by atoms with van der Waals surface area (Å²) in [7, 11) is 3.36. The molecule has 2 bridgehead atoms. The van der Waals surface area contributed by atoms with Gasteiger partial charge in [0.25, 0.3) is 0 Å². The Labute approximate surface area is 172 Å². The summed E-state index contributed by atoms with van der Waals surface area (Å²) in [5.41, 5.74) is 0.995. The van der Waals surface area contributed by atoms with Gasteiger partial charge in [0, 0.05) is 19.1 Å². The van der Waals surface area contributed by atoms with E-state index in [1.165, 1.54) is 0 Å². The van der Waals surface area contributed by atoms with Crippen LogP contribution in [0.3, 0.4) is 0 Å². The lowest BCUT2D eigenvalue weighted by atomic mass is 9.58. The first-order chi connectivity index (χ1) is 13.9. The molecule has 1 spiro atoms. The van der Waals surface area contributed by atoms with Gasteiger partial charge in [0.15, 0.2) is 0 Å². The maximum atomic E-state index is 12.4. The topological polar surface area (TPSA) is 77.0 Å². The van der Waals surface area contributed by atoms with Gasteiger partial charge in [-0.05, 0) is 54.1 Å². The molecule has 0 aromatic heterocycles. The van der Waals surface area contributed by atoms with Gasteiger partial charge in [-0.25, -0.2) is 0 Å². The number of amides is 1. The summed E-state index contributed by atoms with van der Waals surface area (Å²) in [6.45, 7) is 5.09. The van der Waals surface area contributed by atoms with Gasteiger partial charge in [0.1, 0.15) is 11.5 Å². The fourth-order valence-electron chi connectivity index (χ4n) is 6.57. The van der Waals surface area contributed by atoms with Crippen molar-refractivity contribution in [1.82, 2.24) is 5.32 Å². The Balaban J connectivity index is 1.73. The van der Waals surface area contributed by atoms with Gasteiger partial charge >= 0.3 is 0 Å². The lowest BCUT2D eigenvalue weighted by Gasteiger charge is -2.53. The number of aliphatic hydroxyl groups excluding tert-OH is 1. The molecule has 4 rings (SSSR count). The van der Waals surface area contributed by atoms with Gasteiger partial charge < -0.3 is 24.6 Å². The summed E-state index contributed by atoms with van der Waals surface area (Å²) < 4.78 is 17.7. The highest BCUT2D eigenvalue weighted by Gasteiger charge is 2.68. The average Bonchev–Trinajstić information content (AvgIpc) is 3.20. The molecular weight excluding hydrogens is 370 g/mol. The first-order valence-corrected chi connectivity index (χ1v) is 10.6. The quantitative estimate of drug-likeness (QED) is 0.763. The molecule has 1 aromatic rings. The van der Waals surface area contributed by atoms with Gasteiger partial charge in [0.05, 0.1) is 32.5 Å². The van der Waals surface area contributed by atoms with E-state index < -0.39 is 0 Å². The van der Waals surface area contributed by atoms with Gasteiger partial charge in [-0.2, -0.15) is 0 Å². The maximum Gasteiger partial charge on any atom is 0.222 e. The minimum atomic E-state index is -0.122. The van der Waals surface area contributed by atoms with Crippen molar-refractivity contribution < 1.29 is 24.1 Å². The van der Waals surface area contributed by atoms with Crippen molar-refractivity contribution in [3.8, 4) is 11.5 Å². The minimum Gasteiger partial charge on any atom is -0.496 e. The second-order valence-corrected chi connectivity index (χ2v) is 9.39. The molecule has 2 saturated carbocycles. The molecule has 3 aliphatic rings. The van der Waals surface area contributed by atoms with E-state index in [0.717, 1.165) is 36.3 Å². The molecule has 2 N–H and O–H groups in total. The summed E-state index contributed by atoms with van der Waals surface area (Å²) in [5, 5.41) is 12.5. The molecule has 6 heteroatoms. The number of benzene rings is 1. The molecule has 6 nitrogen and oxygen atoms in total. The Morgan fingerprint density at radius 3 is 2.59 bits per heavy atom. The Morgan fingerprint density at radius 1 is 1.28 bits per heavy atom. The molecule has 1 aromatic carbocycles. The number of rotatable bonds is 6. The van der Waals surface area contributed by atoms with Crippen molar-refractivity contribution in [3.63, 3.8) is 0 Å². The summed E-state index contributed by atoms with van der Waals surface area (Å²) in [6, 6.07) is 5.92. The molecular formula is C23H33NO5. The number of hydrogen-bond donors (Lipinski definition) is 2. The first kappa shape index (κ1) is 20.5. The Hall–Kier alpha value is -1.79. The van der Waals surface area contributed by atoms with Crippen LogP contribution in [0.15, 0.2) is 18.2 Å². The van der Waals surface area contributed by atoms with Crippen LogP contribution < -0.4 is 14.8 Å². The van der Waals surface area contributed by atoms with Crippen LogP contribution in [0.25, 0.3) is 0 Å². The number of carbonyl (C=O) groups is 1. The van der Waals surface area contributed by atoms with Crippen LogP contribution in [0.1, 0.15) is 51.2 Å². The standard InChI is InChI=1S/C23H33NO5/c1-22(2)14-12-15-20(19-16(27-3)6-5-7-17(19)28-4)29-11-9-23(15,13-14)21(22)24-18(26)8-10-25/h5-7,14-15,20-21,25H,8-13H2,1-4H3,(H,24,26)/t14-,15-,20+,21-,23-/m1/s1. The molecule has 1 amide bonds. The third-order valence-electron chi connectivity index (χ3n) is 7.90. The van der Waals surface area contributed by atoms with Crippen molar-refractivity contribution in [2.45, 2.75) is 51.7 Å². The molecule has 0 radical (unpaired) electrons. The SMILES string of the molecule is COc1cccc(OC)c1[C@H]1OCC[C@@]23C[C@@H](C[C@H]12)C(C)(C)[C@H]3NC(=O)CCO. The predicted octanol–water partition coefficient (Wildman–Crippen LogP) is 3.08. The first-order valence-electron chi connectivity index (χ1n) is 10.6. The molecule has 3 fully saturated rings. The van der Waals surface area contributed by atoms with Crippen molar-refractivity contribution in [1.29, 1.82) is 0 Å². The van der Waals surface area contributed by atoms with Crippen LogP contribution in [0.4, 0.5) is 0 Å². The van der Waals surface area contributed by atoms with Crippen molar-refractivity contribution in [3.05, 3.63) is 23.8 Å². The van der Waals surface area contributed by atoms with E-state index >= 15 is 0 Å². The number of carbonyl (C=O) groups excluding carboxylic acids is 1. The number of ether oxygens (including phenoxy) is 3. The number of fused-ring (bicyclic) bond motifs is 1. The van der Waals surface area contributed by atoms with Crippen molar-refractivity contribution in [2.75, 3.05) is 27.4 Å². The van der Waals surface area contributed by atoms with E-state index in [2.05, 4.69) is 19.2 Å². The fourth-order valence-corrected chi connectivity index (χ4v) is 6.57. The monoisotopic (exact) mass is 403 g/mol. The van der Waals surface area contributed by atoms with Crippen molar-refractivity contribution in [2.24, 2.45) is 22.7 Å².